The van der Waals surface area contributed by atoms with Gasteiger partial charge in [0, 0.05) is 6.61 Å². The van der Waals surface area contributed by atoms with Gasteiger partial charge in [0.1, 0.15) is 0 Å². The zero-order chi connectivity index (χ0) is 7.11. The summed E-state index contributed by atoms with van der Waals surface area (Å²) in [5.41, 5.74) is 0. The van der Waals surface area contributed by atoms with Gasteiger partial charge < -0.3 is 4.74 Å². The van der Waals surface area contributed by atoms with Gasteiger partial charge in [0.15, 0.2) is 6.29 Å². The Morgan fingerprint density at radius 2 is 2.33 bits per heavy atom. The molecule has 54 valence electrons. The van der Waals surface area contributed by atoms with Crippen LogP contribution in [0, 0.1) is 0 Å². The number of hydrogen-bond acceptors (Lipinski definition) is 3. The molecule has 0 aliphatic rings. The van der Waals surface area contributed by atoms with E-state index >= 15 is 0 Å². The minimum Gasteiger partial charge on any atom is -0.352 e. The predicted octanol–water partition coefficient (Wildman–Crippen LogP) is 1.98. The van der Waals surface area contributed by atoms with Crippen molar-refractivity contribution in [2.75, 3.05) is 6.61 Å². The monoisotopic (exact) mass is 150 g/mol. The molecule has 4 heteroatoms. The summed E-state index contributed by atoms with van der Waals surface area (Å²) in [6, 6.07) is 0. The van der Waals surface area contributed by atoms with Crippen molar-refractivity contribution >= 4 is 8.69 Å². The van der Waals surface area contributed by atoms with Gasteiger partial charge in [-0.05, 0) is 13.3 Å². The van der Waals surface area contributed by atoms with Crippen molar-refractivity contribution < 1.29 is 13.8 Å². The fraction of sp³-hybridized carbons (Fsp3) is 1.00. The van der Waals surface area contributed by atoms with Crippen LogP contribution in [0.15, 0.2) is 0 Å². The van der Waals surface area contributed by atoms with E-state index in [0.29, 0.717) is 6.61 Å². The van der Waals surface area contributed by atoms with Crippen LogP contribution in [0.2, 0.25) is 0 Å². The van der Waals surface area contributed by atoms with E-state index < -0.39 is 0 Å². The fourth-order valence-corrected chi connectivity index (χ4v) is 0.557. The molecule has 0 fully saturated rings. The van der Waals surface area contributed by atoms with E-state index in [1.54, 1.807) is 6.92 Å². The Morgan fingerprint density at radius 3 is 2.78 bits per heavy atom. The molecule has 0 rings (SSSR count). The molecule has 0 saturated heterocycles. The van der Waals surface area contributed by atoms with Crippen molar-refractivity contribution in [3.8, 4) is 0 Å². The third-order valence-electron chi connectivity index (χ3n) is 0.748. The topological polar surface area (TPSA) is 35.5 Å². The van der Waals surface area contributed by atoms with Crippen molar-refractivity contribution in [2.24, 2.45) is 0 Å². The smallest absolute Gasteiger partial charge is 0.329 e. The summed E-state index contributed by atoms with van der Waals surface area (Å²) < 4.78 is 19.3. The van der Waals surface area contributed by atoms with Gasteiger partial charge in [-0.1, -0.05) is 6.92 Å². The molecule has 0 aromatic rings. The van der Waals surface area contributed by atoms with E-state index in [1.807, 2.05) is 6.92 Å². The zero-order valence-corrected chi connectivity index (χ0v) is 6.56. The molecule has 3 nitrogen and oxygen atoms in total. The average Bonchev–Trinajstić information content (AvgIpc) is 1.85. The summed E-state index contributed by atoms with van der Waals surface area (Å²) >= 11 is 0. The van der Waals surface area contributed by atoms with E-state index in [1.165, 1.54) is 0 Å². The maximum absolute atomic E-state index is 9.77. The maximum Gasteiger partial charge on any atom is 0.329 e. The molecule has 0 aromatic carbocycles. The second-order valence-electron chi connectivity index (χ2n) is 1.62. The number of hydrogen-bond donors (Lipinski definition) is 0. The van der Waals surface area contributed by atoms with Gasteiger partial charge in [0.05, 0.1) is 0 Å². The molecule has 0 spiro atoms. The normalized spacial score (nSPS) is 14.0. The zero-order valence-electron chi connectivity index (χ0n) is 5.66. The van der Waals surface area contributed by atoms with Crippen molar-refractivity contribution in [1.29, 1.82) is 0 Å². The Bertz CT molecular complexity index is 76.6. The summed E-state index contributed by atoms with van der Waals surface area (Å²) in [6.45, 7) is 4.36. The highest BCUT2D eigenvalue weighted by molar-refractivity contribution is 7.17. The Kier molecular flexibility index (Phi) is 6.16. The van der Waals surface area contributed by atoms with Crippen molar-refractivity contribution in [3.63, 3.8) is 0 Å². The van der Waals surface area contributed by atoms with Crippen LogP contribution in [0.4, 0.5) is 0 Å². The SMILES string of the molecule is CCCOC(C)OP=O. The van der Waals surface area contributed by atoms with Crippen molar-refractivity contribution in [3.05, 3.63) is 0 Å². The second kappa shape index (κ2) is 6.14. The highest BCUT2D eigenvalue weighted by atomic mass is 31.1. The molecule has 1 atom stereocenters. The Morgan fingerprint density at radius 1 is 1.67 bits per heavy atom. The van der Waals surface area contributed by atoms with E-state index in [2.05, 4.69) is 4.52 Å². The summed E-state index contributed by atoms with van der Waals surface area (Å²) in [5.74, 6) is 0. The third kappa shape index (κ3) is 5.90. The van der Waals surface area contributed by atoms with Gasteiger partial charge >= 0.3 is 8.69 Å². The van der Waals surface area contributed by atoms with E-state index in [-0.39, 0.29) is 15.0 Å². The average molecular weight is 150 g/mol. The molecule has 0 aliphatic heterocycles. The Hall–Kier alpha value is 0.0200. The lowest BCUT2D eigenvalue weighted by atomic mass is 10.5. The lowest BCUT2D eigenvalue weighted by molar-refractivity contribution is -0.0592. The van der Waals surface area contributed by atoms with E-state index in [9.17, 15) is 4.57 Å². The molecule has 0 saturated carbocycles. The van der Waals surface area contributed by atoms with Gasteiger partial charge in [0.25, 0.3) is 0 Å². The lowest BCUT2D eigenvalue weighted by Gasteiger charge is -2.06. The highest BCUT2D eigenvalue weighted by Gasteiger charge is 1.98. The lowest BCUT2D eigenvalue weighted by Crippen LogP contribution is -2.07. The first-order chi connectivity index (χ1) is 4.31. The standard InChI is InChI=1S/C5H11O3P/c1-3-4-7-5(2)8-9-6/h5H,3-4H2,1-2H3. The molecule has 1 unspecified atom stereocenters. The van der Waals surface area contributed by atoms with Gasteiger partial charge in [-0.15, -0.1) is 0 Å². The Labute approximate surface area is 56.6 Å². The third-order valence-corrected chi connectivity index (χ3v) is 1.13. The van der Waals surface area contributed by atoms with Crippen LogP contribution in [0.3, 0.4) is 0 Å². The van der Waals surface area contributed by atoms with Gasteiger partial charge in [-0.25, -0.2) is 4.57 Å². The minimum absolute atomic E-state index is 0.320. The van der Waals surface area contributed by atoms with E-state index in [0.717, 1.165) is 6.42 Å². The van der Waals surface area contributed by atoms with Crippen LogP contribution in [0.1, 0.15) is 20.3 Å². The fourth-order valence-electron chi connectivity index (χ4n) is 0.375. The molecule has 0 N–H and O–H groups in total. The van der Waals surface area contributed by atoms with Gasteiger partial charge in [-0.2, -0.15) is 0 Å². The molecular weight excluding hydrogens is 139 g/mol. The van der Waals surface area contributed by atoms with Crippen LogP contribution < -0.4 is 0 Å². The highest BCUT2D eigenvalue weighted by Crippen LogP contribution is 2.03. The summed E-state index contributed by atoms with van der Waals surface area (Å²) in [4.78, 5) is 0. The number of ether oxygens (including phenoxy) is 1. The molecule has 0 radical (unpaired) electrons. The summed E-state index contributed by atoms with van der Waals surface area (Å²) in [6.07, 6.45) is 0.591. The van der Waals surface area contributed by atoms with Crippen molar-refractivity contribution in [1.82, 2.24) is 0 Å². The molecule has 9 heavy (non-hydrogen) atoms. The van der Waals surface area contributed by atoms with Crippen molar-refractivity contribution in [2.45, 2.75) is 26.6 Å². The molecule has 0 aromatic heterocycles. The van der Waals surface area contributed by atoms with Crippen LogP contribution in [0.25, 0.3) is 0 Å². The first-order valence-corrected chi connectivity index (χ1v) is 3.64. The first kappa shape index (κ1) is 9.02. The van der Waals surface area contributed by atoms with Gasteiger partial charge in [0.2, 0.25) is 0 Å². The molecule has 0 heterocycles. The number of rotatable bonds is 5. The van der Waals surface area contributed by atoms with Crippen LogP contribution in [-0.4, -0.2) is 12.9 Å². The summed E-state index contributed by atoms with van der Waals surface area (Å²) in [7, 11) is -0.320. The molecule has 0 bridgehead atoms. The maximum atomic E-state index is 9.77. The largest absolute Gasteiger partial charge is 0.352 e. The predicted molar refractivity (Wildman–Crippen MR) is 34.4 cm³/mol. The molecule has 0 amide bonds. The summed E-state index contributed by atoms with van der Waals surface area (Å²) in [5, 5.41) is 0. The van der Waals surface area contributed by atoms with Gasteiger partial charge in [-0.3, -0.25) is 4.52 Å². The molecule has 0 aliphatic carbocycles. The van der Waals surface area contributed by atoms with Crippen LogP contribution >= 0.6 is 8.69 Å². The molecular formula is C5H11O3P. The first-order valence-electron chi connectivity index (χ1n) is 2.91. The Balaban J connectivity index is 3.04. The van der Waals surface area contributed by atoms with Crippen LogP contribution in [-0.2, 0) is 13.8 Å². The quantitative estimate of drug-likeness (QED) is 0.444. The van der Waals surface area contributed by atoms with Crippen LogP contribution in [0.5, 0.6) is 0 Å². The van der Waals surface area contributed by atoms with E-state index in [4.69, 9.17) is 4.74 Å². The second-order valence-corrected chi connectivity index (χ2v) is 1.98. The minimum atomic E-state index is -0.357.